The summed E-state index contributed by atoms with van der Waals surface area (Å²) >= 11 is 0. The van der Waals surface area contributed by atoms with E-state index in [0.29, 0.717) is 16.7 Å². The summed E-state index contributed by atoms with van der Waals surface area (Å²) in [4.78, 5) is 25.6. The molecule has 6 rings (SSSR count). The molecule has 0 radical (unpaired) electrons. The van der Waals surface area contributed by atoms with Crippen LogP contribution in [-0.4, -0.2) is 38.5 Å². The average Bonchev–Trinajstić information content (AvgIpc) is 3.58. The molecule has 1 aliphatic heterocycles. The van der Waals surface area contributed by atoms with Crippen molar-refractivity contribution in [3.05, 3.63) is 78.1 Å². The number of methoxy groups -OCH3 is 1. The van der Waals surface area contributed by atoms with E-state index in [1.807, 2.05) is 41.9 Å². The van der Waals surface area contributed by atoms with E-state index in [2.05, 4.69) is 42.8 Å². The van der Waals surface area contributed by atoms with Crippen molar-refractivity contribution in [3.8, 4) is 22.8 Å². The Labute approximate surface area is 225 Å². The number of hydrogen-bond donors (Lipinski definition) is 3. The zero-order chi connectivity index (χ0) is 27.5. The molecule has 198 valence electrons. The molecule has 0 bridgehead atoms. The van der Waals surface area contributed by atoms with Gasteiger partial charge in [0.25, 0.3) is 5.91 Å². The molecule has 3 heterocycles. The smallest absolute Gasteiger partial charge is 0.322 e. The van der Waals surface area contributed by atoms with Gasteiger partial charge in [-0.25, -0.2) is 4.79 Å². The number of aryl methyl sites for hydroxylation is 1. The highest BCUT2D eigenvalue weighted by atomic mass is 16.5. The first-order valence-electron chi connectivity index (χ1n) is 12.8. The quantitative estimate of drug-likeness (QED) is 0.272. The Morgan fingerprint density at radius 1 is 1.00 bits per heavy atom. The molecule has 1 aliphatic rings. The van der Waals surface area contributed by atoms with E-state index in [1.54, 1.807) is 30.0 Å². The van der Waals surface area contributed by atoms with E-state index in [9.17, 15) is 14.7 Å². The third-order valence-electron chi connectivity index (χ3n) is 7.47. The number of urea groups is 1. The molecule has 9 heteroatoms. The van der Waals surface area contributed by atoms with Gasteiger partial charge in [-0.15, -0.1) is 0 Å². The highest BCUT2D eigenvalue weighted by Gasteiger charge is 2.48. The van der Waals surface area contributed by atoms with Crippen LogP contribution in [0, 0.1) is 6.92 Å². The number of aromatic hydroxyl groups is 1. The van der Waals surface area contributed by atoms with E-state index in [4.69, 9.17) is 9.84 Å². The maximum absolute atomic E-state index is 13.2. The number of amides is 3. The number of carbonyl (C=O) groups excluding carboxylic acids is 2. The Kier molecular flexibility index (Phi) is 5.60. The van der Waals surface area contributed by atoms with Crippen molar-refractivity contribution in [2.75, 3.05) is 7.11 Å². The van der Waals surface area contributed by atoms with Crippen LogP contribution in [0.15, 0.2) is 67.0 Å². The first kappa shape index (κ1) is 24.5. The van der Waals surface area contributed by atoms with E-state index in [0.717, 1.165) is 33.0 Å². The first-order valence-corrected chi connectivity index (χ1v) is 12.8. The van der Waals surface area contributed by atoms with Gasteiger partial charge in [0.05, 0.1) is 19.2 Å². The highest BCUT2D eigenvalue weighted by molar-refractivity contribution is 6.07. The van der Waals surface area contributed by atoms with Crippen LogP contribution >= 0.6 is 0 Å². The normalized spacial score (nSPS) is 17.3. The number of aromatic nitrogens is 3. The van der Waals surface area contributed by atoms with Crippen LogP contribution in [0.4, 0.5) is 4.79 Å². The van der Waals surface area contributed by atoms with Crippen molar-refractivity contribution in [2.45, 2.75) is 38.9 Å². The van der Waals surface area contributed by atoms with Gasteiger partial charge in [-0.2, -0.15) is 5.10 Å². The van der Waals surface area contributed by atoms with E-state index in [-0.39, 0.29) is 18.5 Å². The summed E-state index contributed by atoms with van der Waals surface area (Å²) in [5.41, 5.74) is 3.27. The van der Waals surface area contributed by atoms with Crippen molar-refractivity contribution < 1.29 is 19.4 Å². The van der Waals surface area contributed by atoms with Crippen molar-refractivity contribution in [1.82, 2.24) is 25.0 Å². The summed E-state index contributed by atoms with van der Waals surface area (Å²) in [5, 5.41) is 23.3. The fraction of sp³-hybridized carbons (Fsp3) is 0.233. The minimum atomic E-state index is -1.40. The molecule has 0 saturated carbocycles. The van der Waals surface area contributed by atoms with E-state index in [1.165, 1.54) is 0 Å². The van der Waals surface area contributed by atoms with E-state index < -0.39 is 17.5 Å². The number of rotatable bonds is 6. The highest BCUT2D eigenvalue weighted by Crippen LogP contribution is 2.36. The maximum atomic E-state index is 13.2. The summed E-state index contributed by atoms with van der Waals surface area (Å²) in [5.74, 6) is 0.116. The van der Waals surface area contributed by atoms with Gasteiger partial charge < -0.3 is 19.7 Å². The Bertz CT molecular complexity index is 1770. The van der Waals surface area contributed by atoms with Gasteiger partial charge in [-0.1, -0.05) is 24.3 Å². The summed E-state index contributed by atoms with van der Waals surface area (Å²) in [6, 6.07) is 16.9. The monoisotopic (exact) mass is 523 g/mol. The van der Waals surface area contributed by atoms with Gasteiger partial charge in [0.2, 0.25) is 0 Å². The Balaban J connectivity index is 1.38. The number of nitrogens with zero attached hydrogens (tertiary/aromatic N) is 3. The third kappa shape index (κ3) is 3.98. The largest absolute Gasteiger partial charge is 0.497 e. The number of nitrogens with one attached hydrogen (secondary N) is 2. The van der Waals surface area contributed by atoms with Crippen LogP contribution in [0.5, 0.6) is 11.6 Å². The van der Waals surface area contributed by atoms with Crippen LogP contribution < -0.4 is 15.4 Å². The van der Waals surface area contributed by atoms with Crippen molar-refractivity contribution in [1.29, 1.82) is 0 Å². The van der Waals surface area contributed by atoms with Crippen molar-refractivity contribution in [2.24, 2.45) is 0 Å². The minimum Gasteiger partial charge on any atom is -0.497 e. The molecule has 0 aliphatic carbocycles. The molecule has 1 fully saturated rings. The molecule has 0 unspecified atom stereocenters. The predicted octanol–water partition coefficient (Wildman–Crippen LogP) is 5.00. The second kappa shape index (κ2) is 8.90. The second-order valence-electron chi connectivity index (χ2n) is 10.4. The summed E-state index contributed by atoms with van der Waals surface area (Å²) in [6.45, 7) is 6.25. The SMILES string of the molecule is COc1ccc2cn(C[C@@]3(c4ccc(-c5cc(C)c6nn(C(C)C)cc6c5)cc4)NC(=O)NC3=O)c(O)c2c1. The van der Waals surface area contributed by atoms with Crippen LogP contribution in [0.1, 0.15) is 31.0 Å². The van der Waals surface area contributed by atoms with Crippen LogP contribution in [0.3, 0.4) is 0 Å². The Morgan fingerprint density at radius 3 is 2.44 bits per heavy atom. The zero-order valence-electron chi connectivity index (χ0n) is 22.1. The fourth-order valence-electron chi connectivity index (χ4n) is 5.33. The number of ether oxygens (including phenoxy) is 1. The molecule has 9 nitrogen and oxygen atoms in total. The topological polar surface area (TPSA) is 110 Å². The average molecular weight is 524 g/mol. The minimum absolute atomic E-state index is 0.00615. The molecular formula is C30H29N5O4. The lowest BCUT2D eigenvalue weighted by molar-refractivity contribution is -0.124. The summed E-state index contributed by atoms with van der Waals surface area (Å²) in [7, 11) is 1.56. The third-order valence-corrected chi connectivity index (χ3v) is 7.47. The molecule has 39 heavy (non-hydrogen) atoms. The lowest BCUT2D eigenvalue weighted by Crippen LogP contribution is -2.47. The molecule has 1 atom stereocenters. The summed E-state index contributed by atoms with van der Waals surface area (Å²) in [6.07, 6.45) is 3.81. The van der Waals surface area contributed by atoms with E-state index >= 15 is 0 Å². The zero-order valence-corrected chi connectivity index (χ0v) is 22.1. The lowest BCUT2D eigenvalue weighted by Gasteiger charge is -2.27. The molecule has 1 saturated heterocycles. The lowest BCUT2D eigenvalue weighted by atomic mass is 9.88. The number of benzene rings is 3. The molecule has 0 spiro atoms. The molecular weight excluding hydrogens is 494 g/mol. The Hall–Kier alpha value is -4.79. The van der Waals surface area contributed by atoms with Crippen molar-refractivity contribution >= 4 is 33.6 Å². The molecule has 2 aromatic heterocycles. The second-order valence-corrected chi connectivity index (χ2v) is 10.4. The van der Waals surface area contributed by atoms with Gasteiger partial charge in [0.1, 0.15) is 5.75 Å². The fourth-order valence-corrected chi connectivity index (χ4v) is 5.33. The standard InChI is InChI=1S/C30H29N5O4/c1-17(2)35-15-22-12-21(11-18(3)26(22)33-35)19-5-8-23(9-6-19)30(28(37)31-29(38)32-30)16-34-14-20-7-10-24(39-4)13-25(20)27(34)36/h5-15,17,36H,16H2,1-4H3,(H2,31,32,37,38)/t30-/m0/s1. The van der Waals surface area contributed by atoms with Crippen molar-refractivity contribution in [3.63, 3.8) is 0 Å². The molecule has 3 N–H and O–H groups in total. The van der Waals surface area contributed by atoms with Crippen LogP contribution in [0.25, 0.3) is 32.8 Å². The predicted molar refractivity (Wildman–Crippen MR) is 149 cm³/mol. The van der Waals surface area contributed by atoms with Gasteiger partial charge in [-0.3, -0.25) is 14.8 Å². The molecule has 3 aromatic carbocycles. The van der Waals surface area contributed by atoms with Gasteiger partial charge >= 0.3 is 6.03 Å². The molecule has 5 aromatic rings. The van der Waals surface area contributed by atoms with Gasteiger partial charge in [0, 0.05) is 34.6 Å². The summed E-state index contributed by atoms with van der Waals surface area (Å²) < 4.78 is 8.82. The van der Waals surface area contributed by atoms with Gasteiger partial charge in [0.15, 0.2) is 11.4 Å². The maximum Gasteiger partial charge on any atom is 0.322 e. The number of fused-ring (bicyclic) bond motifs is 2. The molecule has 3 amide bonds. The Morgan fingerprint density at radius 2 is 1.77 bits per heavy atom. The first-order chi connectivity index (χ1) is 18.7. The number of imide groups is 1. The van der Waals surface area contributed by atoms with Gasteiger partial charge in [-0.05, 0) is 73.4 Å². The number of hydrogen-bond acceptors (Lipinski definition) is 5. The number of carbonyl (C=O) groups is 2. The van der Waals surface area contributed by atoms with Crippen LogP contribution in [-0.2, 0) is 16.9 Å². The van der Waals surface area contributed by atoms with Crippen LogP contribution in [0.2, 0.25) is 0 Å².